The molecule has 1 fully saturated rings. The number of hydrogen-bond acceptors (Lipinski definition) is 4. The summed E-state index contributed by atoms with van der Waals surface area (Å²) in [4.78, 5) is 2.53. The average molecular weight is 300 g/mol. The smallest absolute Gasteiger partial charge is 0.242 e. The van der Waals surface area contributed by atoms with E-state index < -0.39 is 10.0 Å². The van der Waals surface area contributed by atoms with Crippen LogP contribution in [0.4, 0.5) is 0 Å². The maximum atomic E-state index is 12.4. The van der Waals surface area contributed by atoms with Crippen LogP contribution in [0.5, 0.6) is 0 Å². The quantitative estimate of drug-likeness (QED) is 0.822. The van der Waals surface area contributed by atoms with E-state index >= 15 is 0 Å². The lowest BCUT2D eigenvalue weighted by molar-refractivity contribution is 0.248. The molecule has 6 nitrogen and oxygen atoms in total. The van der Waals surface area contributed by atoms with Crippen LogP contribution in [0.3, 0.4) is 0 Å². The van der Waals surface area contributed by atoms with Crippen molar-refractivity contribution in [2.24, 2.45) is 5.73 Å². The second-order valence-corrected chi connectivity index (χ2v) is 7.07. The van der Waals surface area contributed by atoms with E-state index in [9.17, 15) is 8.42 Å². The molecule has 2 heterocycles. The van der Waals surface area contributed by atoms with Gasteiger partial charge >= 0.3 is 0 Å². The van der Waals surface area contributed by atoms with Gasteiger partial charge in [0, 0.05) is 31.0 Å². The Balaban J connectivity index is 2.12. The molecule has 0 unspecified atom stereocenters. The van der Waals surface area contributed by atoms with Gasteiger partial charge in [-0.15, -0.1) is 0 Å². The largest absolute Gasteiger partial charge is 0.349 e. The number of aromatic nitrogens is 1. The number of nitrogens with two attached hydrogens (primary N) is 1. The summed E-state index contributed by atoms with van der Waals surface area (Å²) in [6.45, 7) is 4.89. The molecule has 1 aromatic rings. The zero-order chi connectivity index (χ0) is 14.8. The summed E-state index contributed by atoms with van der Waals surface area (Å²) in [6.07, 6.45) is 3.38. The van der Waals surface area contributed by atoms with Gasteiger partial charge in [-0.05, 0) is 46.0 Å². The van der Waals surface area contributed by atoms with Crippen LogP contribution in [0.25, 0.3) is 0 Å². The van der Waals surface area contributed by atoms with Gasteiger partial charge in [-0.25, -0.2) is 13.1 Å². The molecule has 1 aliphatic heterocycles. The minimum absolute atomic E-state index is 0.0301. The molecule has 1 saturated heterocycles. The molecule has 0 amide bonds. The Kier molecular flexibility index (Phi) is 4.85. The number of rotatable bonds is 5. The van der Waals surface area contributed by atoms with Crippen LogP contribution >= 0.6 is 0 Å². The SMILES string of the molecule is CCn1cc(S(=O)(=O)NC2CCN(C)CC2)cc1CN. The molecule has 0 saturated carbocycles. The fourth-order valence-corrected chi connectivity index (χ4v) is 3.92. The van der Waals surface area contributed by atoms with Gasteiger partial charge in [0.25, 0.3) is 0 Å². The molecule has 3 N–H and O–H groups in total. The first-order chi connectivity index (χ1) is 9.46. The lowest BCUT2D eigenvalue weighted by Gasteiger charge is -2.29. The highest BCUT2D eigenvalue weighted by molar-refractivity contribution is 7.89. The predicted molar refractivity (Wildman–Crippen MR) is 78.8 cm³/mol. The van der Waals surface area contributed by atoms with Gasteiger partial charge < -0.3 is 15.2 Å². The summed E-state index contributed by atoms with van der Waals surface area (Å²) < 4.78 is 29.5. The second kappa shape index (κ2) is 6.26. The summed E-state index contributed by atoms with van der Waals surface area (Å²) in [6, 6.07) is 1.70. The van der Waals surface area contributed by atoms with Gasteiger partial charge in [0.1, 0.15) is 0 Å². The third kappa shape index (κ3) is 3.41. The van der Waals surface area contributed by atoms with Crippen LogP contribution in [-0.2, 0) is 23.1 Å². The van der Waals surface area contributed by atoms with E-state index in [0.717, 1.165) is 38.2 Å². The Morgan fingerprint density at radius 1 is 1.40 bits per heavy atom. The Labute approximate surface area is 121 Å². The monoisotopic (exact) mass is 300 g/mol. The fourth-order valence-electron chi connectivity index (χ4n) is 2.55. The predicted octanol–water partition coefficient (Wildman–Crippen LogP) is 0.339. The second-order valence-electron chi connectivity index (χ2n) is 5.36. The lowest BCUT2D eigenvalue weighted by atomic mass is 10.1. The topological polar surface area (TPSA) is 80.4 Å². The highest BCUT2D eigenvalue weighted by atomic mass is 32.2. The zero-order valence-electron chi connectivity index (χ0n) is 12.2. The van der Waals surface area contributed by atoms with Gasteiger partial charge in [-0.3, -0.25) is 0 Å². The minimum Gasteiger partial charge on any atom is -0.349 e. The fraction of sp³-hybridized carbons (Fsp3) is 0.692. The number of likely N-dealkylation sites (tertiary alicyclic amines) is 1. The van der Waals surface area contributed by atoms with Crippen LogP contribution in [0, 0.1) is 0 Å². The van der Waals surface area contributed by atoms with Crippen molar-refractivity contribution in [3.8, 4) is 0 Å². The molecule has 1 aliphatic rings. The molecule has 0 atom stereocenters. The molecule has 0 radical (unpaired) electrons. The molecular formula is C13H24N4O2S. The van der Waals surface area contributed by atoms with Gasteiger partial charge in [-0.1, -0.05) is 0 Å². The van der Waals surface area contributed by atoms with E-state index in [0.29, 0.717) is 11.4 Å². The van der Waals surface area contributed by atoms with Crippen molar-refractivity contribution in [2.45, 2.75) is 43.8 Å². The van der Waals surface area contributed by atoms with Gasteiger partial charge in [0.2, 0.25) is 10.0 Å². The lowest BCUT2D eigenvalue weighted by Crippen LogP contribution is -2.43. The molecule has 0 aliphatic carbocycles. The summed E-state index contributed by atoms with van der Waals surface area (Å²) in [5.41, 5.74) is 6.48. The van der Waals surface area contributed by atoms with Crippen LogP contribution < -0.4 is 10.5 Å². The summed E-state index contributed by atoms with van der Waals surface area (Å²) in [7, 11) is -1.39. The van der Waals surface area contributed by atoms with Crippen molar-refractivity contribution in [3.63, 3.8) is 0 Å². The number of nitrogens with zero attached hydrogens (tertiary/aromatic N) is 2. The van der Waals surface area contributed by atoms with Crippen molar-refractivity contribution in [1.29, 1.82) is 0 Å². The number of piperidine rings is 1. The summed E-state index contributed by atoms with van der Waals surface area (Å²) >= 11 is 0. The van der Waals surface area contributed by atoms with Crippen LogP contribution in [0.1, 0.15) is 25.5 Å². The molecule has 1 aromatic heterocycles. The van der Waals surface area contributed by atoms with Crippen molar-refractivity contribution in [1.82, 2.24) is 14.2 Å². The van der Waals surface area contributed by atoms with E-state index in [1.807, 2.05) is 11.5 Å². The molecule has 0 aromatic carbocycles. The Morgan fingerprint density at radius 3 is 2.55 bits per heavy atom. The van der Waals surface area contributed by atoms with Gasteiger partial charge in [0.05, 0.1) is 4.90 Å². The normalized spacial score (nSPS) is 18.6. The maximum absolute atomic E-state index is 12.4. The highest BCUT2D eigenvalue weighted by Gasteiger charge is 2.24. The van der Waals surface area contributed by atoms with E-state index in [4.69, 9.17) is 5.73 Å². The number of nitrogens with one attached hydrogen (secondary N) is 1. The van der Waals surface area contributed by atoms with Crippen molar-refractivity contribution in [3.05, 3.63) is 18.0 Å². The van der Waals surface area contributed by atoms with E-state index in [2.05, 4.69) is 16.7 Å². The van der Waals surface area contributed by atoms with Crippen molar-refractivity contribution in [2.75, 3.05) is 20.1 Å². The van der Waals surface area contributed by atoms with Crippen molar-refractivity contribution < 1.29 is 8.42 Å². The van der Waals surface area contributed by atoms with E-state index in [1.165, 1.54) is 0 Å². The Bertz CT molecular complexity index is 523. The standard InChI is InChI=1S/C13H24N4O2S/c1-3-17-10-13(8-12(17)9-14)20(18,19)15-11-4-6-16(2)7-5-11/h8,10-11,15H,3-7,9,14H2,1-2H3. The first kappa shape index (κ1) is 15.5. The maximum Gasteiger partial charge on any atom is 0.242 e. The van der Waals surface area contributed by atoms with Gasteiger partial charge in [-0.2, -0.15) is 0 Å². The first-order valence-corrected chi connectivity index (χ1v) is 8.54. The molecule has 2 rings (SSSR count). The summed E-state index contributed by atoms with van der Waals surface area (Å²) in [5.74, 6) is 0. The van der Waals surface area contributed by atoms with E-state index in [-0.39, 0.29) is 6.04 Å². The molecular weight excluding hydrogens is 276 g/mol. The number of aryl methyl sites for hydroxylation is 1. The summed E-state index contributed by atoms with van der Waals surface area (Å²) in [5, 5.41) is 0. The highest BCUT2D eigenvalue weighted by Crippen LogP contribution is 2.17. The molecule has 114 valence electrons. The Hall–Kier alpha value is -0.890. The third-order valence-electron chi connectivity index (χ3n) is 3.86. The van der Waals surface area contributed by atoms with Gasteiger partial charge in [0.15, 0.2) is 0 Å². The molecule has 0 bridgehead atoms. The van der Waals surface area contributed by atoms with Crippen LogP contribution in [0.2, 0.25) is 0 Å². The molecule has 0 spiro atoms. The average Bonchev–Trinajstić information content (AvgIpc) is 2.85. The Morgan fingerprint density at radius 2 is 2.05 bits per heavy atom. The van der Waals surface area contributed by atoms with Crippen molar-refractivity contribution >= 4 is 10.0 Å². The number of hydrogen-bond donors (Lipinski definition) is 2. The zero-order valence-corrected chi connectivity index (χ0v) is 13.0. The molecule has 7 heteroatoms. The number of sulfonamides is 1. The molecule has 20 heavy (non-hydrogen) atoms. The van der Waals surface area contributed by atoms with Crippen LogP contribution in [0.15, 0.2) is 17.2 Å². The van der Waals surface area contributed by atoms with Crippen LogP contribution in [-0.4, -0.2) is 44.1 Å². The first-order valence-electron chi connectivity index (χ1n) is 7.06. The minimum atomic E-state index is -3.44. The van der Waals surface area contributed by atoms with E-state index in [1.54, 1.807) is 12.3 Å². The third-order valence-corrected chi connectivity index (χ3v) is 5.35.